The smallest absolute Gasteiger partial charge is 0.226 e. The van der Waals surface area contributed by atoms with Crippen LogP contribution in [0.15, 0.2) is 24.3 Å². The number of aryl methyl sites for hydroxylation is 1. The van der Waals surface area contributed by atoms with Gasteiger partial charge in [-0.25, -0.2) is 0 Å². The van der Waals surface area contributed by atoms with E-state index in [0.29, 0.717) is 5.91 Å². The zero-order valence-corrected chi connectivity index (χ0v) is 16.4. The second-order valence-corrected chi connectivity index (χ2v) is 8.74. The summed E-state index contributed by atoms with van der Waals surface area (Å²) in [6, 6.07) is 8.76. The zero-order chi connectivity index (χ0) is 18.6. The number of piperidine rings is 1. The molecular weight excluding hydrogens is 324 g/mol. The second kappa shape index (κ2) is 8.53. The molecule has 2 aliphatic heterocycles. The summed E-state index contributed by atoms with van der Waals surface area (Å²) < 4.78 is 0. The third-order valence-electron chi connectivity index (χ3n) is 5.73. The molecule has 0 bridgehead atoms. The van der Waals surface area contributed by atoms with Crippen LogP contribution in [-0.2, 0) is 17.8 Å². The molecule has 4 nitrogen and oxygen atoms in total. The lowest BCUT2D eigenvalue weighted by Crippen LogP contribution is -2.43. The van der Waals surface area contributed by atoms with Crippen molar-refractivity contribution in [2.75, 3.05) is 26.2 Å². The Bertz CT molecular complexity index is 585. The van der Waals surface area contributed by atoms with E-state index in [-0.39, 0.29) is 5.92 Å². The summed E-state index contributed by atoms with van der Waals surface area (Å²) in [6.07, 6.45) is 6.18. The van der Waals surface area contributed by atoms with Crippen molar-refractivity contribution in [1.82, 2.24) is 9.80 Å². The maximum atomic E-state index is 12.7. The Morgan fingerprint density at radius 3 is 2.38 bits per heavy atom. The van der Waals surface area contributed by atoms with E-state index >= 15 is 0 Å². The fourth-order valence-corrected chi connectivity index (χ4v) is 4.12. The van der Waals surface area contributed by atoms with Gasteiger partial charge in [0.2, 0.25) is 5.91 Å². The molecule has 1 aromatic carbocycles. The summed E-state index contributed by atoms with van der Waals surface area (Å²) in [5, 5.41) is 9.86. The highest BCUT2D eigenvalue weighted by Gasteiger charge is 2.30. The first-order valence-corrected chi connectivity index (χ1v) is 10.2. The largest absolute Gasteiger partial charge is 0.390 e. The Morgan fingerprint density at radius 1 is 1.08 bits per heavy atom. The highest BCUT2D eigenvalue weighted by Crippen LogP contribution is 2.23. The number of benzene rings is 1. The van der Waals surface area contributed by atoms with Crippen LogP contribution in [0.4, 0.5) is 0 Å². The van der Waals surface area contributed by atoms with Crippen molar-refractivity contribution >= 4 is 5.91 Å². The molecule has 1 N–H and O–H groups in total. The number of hydrogen-bond acceptors (Lipinski definition) is 3. The minimum absolute atomic E-state index is 0.188. The maximum absolute atomic E-state index is 12.7. The topological polar surface area (TPSA) is 43.8 Å². The van der Waals surface area contributed by atoms with Gasteiger partial charge >= 0.3 is 0 Å². The van der Waals surface area contributed by atoms with E-state index in [9.17, 15) is 9.90 Å². The van der Waals surface area contributed by atoms with Gasteiger partial charge in [0.25, 0.3) is 0 Å². The standard InChI is InChI=1S/C22H34N2O2/c1-22(2,26)12-11-18-7-9-19(10-8-18)16-23-13-5-6-20(17-23)21(25)24-14-3-4-15-24/h7-10,20,26H,3-6,11-17H2,1-2H3/t20-/m1/s1. The van der Waals surface area contributed by atoms with Crippen molar-refractivity contribution in [3.05, 3.63) is 35.4 Å². The molecule has 1 amide bonds. The molecule has 26 heavy (non-hydrogen) atoms. The predicted octanol–water partition coefficient (Wildman–Crippen LogP) is 3.22. The normalized spacial score (nSPS) is 22.0. The van der Waals surface area contributed by atoms with E-state index < -0.39 is 5.60 Å². The van der Waals surface area contributed by atoms with Crippen LogP contribution in [0.25, 0.3) is 0 Å². The summed E-state index contributed by atoms with van der Waals surface area (Å²) >= 11 is 0. The van der Waals surface area contributed by atoms with Crippen LogP contribution in [0.1, 0.15) is 57.1 Å². The van der Waals surface area contributed by atoms with Crippen LogP contribution in [0.2, 0.25) is 0 Å². The Kier molecular flexibility index (Phi) is 6.36. The van der Waals surface area contributed by atoms with E-state index in [2.05, 4.69) is 34.1 Å². The molecule has 0 saturated carbocycles. The monoisotopic (exact) mass is 358 g/mol. The Morgan fingerprint density at radius 2 is 1.73 bits per heavy atom. The van der Waals surface area contributed by atoms with Crippen molar-refractivity contribution < 1.29 is 9.90 Å². The number of amides is 1. The SMILES string of the molecule is CC(C)(O)CCc1ccc(CN2CCC[C@@H](C(=O)N3CCCC3)C2)cc1. The van der Waals surface area contributed by atoms with Crippen molar-refractivity contribution in [2.24, 2.45) is 5.92 Å². The average Bonchev–Trinajstić information content (AvgIpc) is 3.15. The molecule has 1 atom stereocenters. The van der Waals surface area contributed by atoms with E-state index in [1.807, 2.05) is 13.8 Å². The van der Waals surface area contributed by atoms with E-state index in [4.69, 9.17) is 0 Å². The maximum Gasteiger partial charge on any atom is 0.226 e. The Labute approximate surface area is 158 Å². The lowest BCUT2D eigenvalue weighted by atomic mass is 9.95. The average molecular weight is 359 g/mol. The first kappa shape index (κ1) is 19.4. The van der Waals surface area contributed by atoms with Gasteiger partial charge < -0.3 is 10.0 Å². The van der Waals surface area contributed by atoms with Crippen LogP contribution in [0, 0.1) is 5.92 Å². The van der Waals surface area contributed by atoms with Gasteiger partial charge in [0.1, 0.15) is 0 Å². The van der Waals surface area contributed by atoms with Crippen LogP contribution >= 0.6 is 0 Å². The van der Waals surface area contributed by atoms with Gasteiger partial charge in [-0.2, -0.15) is 0 Å². The minimum atomic E-state index is -0.608. The van der Waals surface area contributed by atoms with E-state index in [0.717, 1.165) is 58.4 Å². The van der Waals surface area contributed by atoms with Crippen molar-refractivity contribution in [2.45, 2.75) is 64.5 Å². The molecule has 2 aliphatic rings. The van der Waals surface area contributed by atoms with Gasteiger partial charge in [-0.3, -0.25) is 9.69 Å². The molecule has 0 unspecified atom stereocenters. The molecule has 4 heteroatoms. The molecule has 0 aromatic heterocycles. The number of likely N-dealkylation sites (tertiary alicyclic amines) is 2. The molecule has 2 heterocycles. The summed E-state index contributed by atoms with van der Waals surface area (Å²) in [5.74, 6) is 0.571. The first-order chi connectivity index (χ1) is 12.4. The van der Waals surface area contributed by atoms with Crippen molar-refractivity contribution in [3.8, 4) is 0 Å². The molecule has 2 fully saturated rings. The van der Waals surface area contributed by atoms with Crippen LogP contribution in [-0.4, -0.2) is 52.6 Å². The van der Waals surface area contributed by atoms with Crippen molar-refractivity contribution in [1.29, 1.82) is 0 Å². The summed E-state index contributed by atoms with van der Waals surface area (Å²) in [6.45, 7) is 8.55. The lowest BCUT2D eigenvalue weighted by Gasteiger charge is -2.34. The van der Waals surface area contributed by atoms with Crippen LogP contribution < -0.4 is 0 Å². The summed E-state index contributed by atoms with van der Waals surface area (Å²) in [7, 11) is 0. The Hall–Kier alpha value is -1.39. The Balaban J connectivity index is 1.51. The molecule has 0 radical (unpaired) electrons. The number of aliphatic hydroxyl groups is 1. The van der Waals surface area contributed by atoms with Gasteiger partial charge in [-0.05, 0) is 70.0 Å². The molecule has 3 rings (SSSR count). The van der Waals surface area contributed by atoms with Crippen LogP contribution in [0.5, 0.6) is 0 Å². The van der Waals surface area contributed by atoms with Gasteiger partial charge in [0, 0.05) is 26.2 Å². The quantitative estimate of drug-likeness (QED) is 0.849. The summed E-state index contributed by atoms with van der Waals surface area (Å²) in [4.78, 5) is 17.2. The third-order valence-corrected chi connectivity index (χ3v) is 5.73. The summed E-state index contributed by atoms with van der Waals surface area (Å²) in [5.41, 5.74) is 1.98. The third kappa shape index (κ3) is 5.55. The number of nitrogens with zero attached hydrogens (tertiary/aromatic N) is 2. The molecular formula is C22H34N2O2. The zero-order valence-electron chi connectivity index (χ0n) is 16.4. The van der Waals surface area contributed by atoms with Gasteiger partial charge in [0.05, 0.1) is 11.5 Å². The number of carbonyl (C=O) groups excluding carboxylic acids is 1. The fraction of sp³-hybridized carbons (Fsp3) is 0.682. The number of carbonyl (C=O) groups is 1. The first-order valence-electron chi connectivity index (χ1n) is 10.2. The predicted molar refractivity (Wildman–Crippen MR) is 105 cm³/mol. The van der Waals surface area contributed by atoms with Gasteiger partial charge in [-0.1, -0.05) is 24.3 Å². The lowest BCUT2D eigenvalue weighted by molar-refractivity contribution is -0.136. The highest BCUT2D eigenvalue weighted by molar-refractivity contribution is 5.79. The molecule has 0 spiro atoms. The second-order valence-electron chi connectivity index (χ2n) is 8.74. The number of rotatable bonds is 6. The van der Waals surface area contributed by atoms with Gasteiger partial charge in [-0.15, -0.1) is 0 Å². The highest BCUT2D eigenvalue weighted by atomic mass is 16.3. The van der Waals surface area contributed by atoms with Crippen LogP contribution in [0.3, 0.4) is 0 Å². The van der Waals surface area contributed by atoms with Gasteiger partial charge in [0.15, 0.2) is 0 Å². The van der Waals surface area contributed by atoms with E-state index in [1.54, 1.807) is 0 Å². The fourth-order valence-electron chi connectivity index (χ4n) is 4.12. The van der Waals surface area contributed by atoms with E-state index in [1.165, 1.54) is 24.0 Å². The van der Waals surface area contributed by atoms with Crippen molar-refractivity contribution in [3.63, 3.8) is 0 Å². The molecule has 0 aliphatic carbocycles. The molecule has 144 valence electrons. The molecule has 1 aromatic rings. The minimum Gasteiger partial charge on any atom is -0.390 e. The molecule has 2 saturated heterocycles. The number of hydrogen-bond donors (Lipinski definition) is 1.